The fourth-order valence-corrected chi connectivity index (χ4v) is 2.45. The molecule has 0 aliphatic rings. The molecule has 0 fully saturated rings. The summed E-state index contributed by atoms with van der Waals surface area (Å²) in [5.74, 6) is -2.58. The van der Waals surface area contributed by atoms with E-state index in [2.05, 4.69) is 10.6 Å². The number of carbonyl (C=O) groups is 3. The highest BCUT2D eigenvalue weighted by Crippen LogP contribution is 2.37. The average Bonchev–Trinajstić information content (AvgIpc) is 2.69. The predicted molar refractivity (Wildman–Crippen MR) is 109 cm³/mol. The molecular formula is C21H21FN2O6. The van der Waals surface area contributed by atoms with Gasteiger partial charge in [-0.15, -0.1) is 0 Å². The summed E-state index contributed by atoms with van der Waals surface area (Å²) in [7, 11) is 0. The monoisotopic (exact) mass is 416 g/mol. The molecule has 0 atom stereocenters. The van der Waals surface area contributed by atoms with Crippen LogP contribution in [0.15, 0.2) is 48.6 Å². The predicted octanol–water partition coefficient (Wildman–Crippen LogP) is 3.45. The van der Waals surface area contributed by atoms with Crippen molar-refractivity contribution in [2.24, 2.45) is 0 Å². The molecule has 0 aliphatic carbocycles. The Kier molecular flexibility index (Phi) is 7.92. The van der Waals surface area contributed by atoms with Crippen LogP contribution >= 0.6 is 0 Å². The molecule has 2 aromatic rings. The number of aliphatic carboxylic acids is 1. The maximum absolute atomic E-state index is 13.4. The van der Waals surface area contributed by atoms with Crippen LogP contribution in [-0.2, 0) is 9.59 Å². The van der Waals surface area contributed by atoms with Crippen molar-refractivity contribution in [2.75, 3.05) is 23.8 Å². The quantitative estimate of drug-likeness (QED) is 0.540. The van der Waals surface area contributed by atoms with Crippen molar-refractivity contribution in [1.82, 2.24) is 0 Å². The second kappa shape index (κ2) is 10.6. The molecule has 0 heterocycles. The number of amides is 2. The first-order chi connectivity index (χ1) is 14.3. The van der Waals surface area contributed by atoms with E-state index in [9.17, 15) is 18.8 Å². The van der Waals surface area contributed by atoms with E-state index in [-0.39, 0.29) is 41.7 Å². The Morgan fingerprint density at radius 1 is 0.967 bits per heavy atom. The number of carboxylic acid groups (broad SMARTS) is 1. The van der Waals surface area contributed by atoms with Crippen LogP contribution in [0.25, 0.3) is 0 Å². The number of ether oxygens (including phenoxy) is 2. The van der Waals surface area contributed by atoms with Crippen molar-refractivity contribution in [3.63, 3.8) is 0 Å². The highest BCUT2D eigenvalue weighted by Gasteiger charge is 2.17. The lowest BCUT2D eigenvalue weighted by Gasteiger charge is -2.17. The summed E-state index contributed by atoms with van der Waals surface area (Å²) >= 11 is 0. The number of benzene rings is 2. The molecule has 3 N–H and O–H groups in total. The molecular weight excluding hydrogens is 395 g/mol. The highest BCUT2D eigenvalue weighted by molar-refractivity contribution is 6.06. The van der Waals surface area contributed by atoms with Crippen LogP contribution in [0.5, 0.6) is 11.5 Å². The summed E-state index contributed by atoms with van der Waals surface area (Å²) in [6.07, 6.45) is 1.56. The Labute approximate surface area is 172 Å². The van der Waals surface area contributed by atoms with Crippen LogP contribution < -0.4 is 20.1 Å². The molecule has 0 aromatic heterocycles. The lowest BCUT2D eigenvalue weighted by atomic mass is 10.2. The normalized spacial score (nSPS) is 10.5. The third-order valence-corrected chi connectivity index (χ3v) is 3.65. The lowest BCUT2D eigenvalue weighted by molar-refractivity contribution is -0.131. The summed E-state index contributed by atoms with van der Waals surface area (Å²) in [6, 6.07) is 8.12. The van der Waals surface area contributed by atoms with E-state index in [1.807, 2.05) is 0 Å². The Hall–Kier alpha value is -3.88. The zero-order valence-corrected chi connectivity index (χ0v) is 16.4. The Morgan fingerprint density at radius 3 is 2.10 bits per heavy atom. The summed E-state index contributed by atoms with van der Waals surface area (Å²) < 4.78 is 24.5. The second-order valence-electron chi connectivity index (χ2n) is 5.84. The van der Waals surface area contributed by atoms with E-state index in [4.69, 9.17) is 14.6 Å². The van der Waals surface area contributed by atoms with E-state index in [0.29, 0.717) is 6.08 Å². The SMILES string of the molecule is CCOc1cc(NC(=O)c2cccc(F)c2)c(OCC)cc1NC(=O)C=CC(=O)O. The van der Waals surface area contributed by atoms with Gasteiger partial charge in [0.05, 0.1) is 24.6 Å². The van der Waals surface area contributed by atoms with Gasteiger partial charge in [0.1, 0.15) is 17.3 Å². The van der Waals surface area contributed by atoms with E-state index in [1.165, 1.54) is 30.3 Å². The number of anilines is 2. The Morgan fingerprint density at radius 2 is 1.57 bits per heavy atom. The first-order valence-corrected chi connectivity index (χ1v) is 9.06. The molecule has 30 heavy (non-hydrogen) atoms. The van der Waals surface area contributed by atoms with Crippen LogP contribution in [0.1, 0.15) is 24.2 Å². The molecule has 9 heteroatoms. The summed E-state index contributed by atoms with van der Waals surface area (Å²) in [4.78, 5) is 35.0. The highest BCUT2D eigenvalue weighted by atomic mass is 19.1. The van der Waals surface area contributed by atoms with E-state index in [0.717, 1.165) is 12.1 Å². The number of hydrogen-bond donors (Lipinski definition) is 3. The molecule has 0 unspecified atom stereocenters. The fourth-order valence-electron chi connectivity index (χ4n) is 2.45. The fraction of sp³-hybridized carbons (Fsp3) is 0.190. The minimum Gasteiger partial charge on any atom is -0.492 e. The van der Waals surface area contributed by atoms with Crippen molar-refractivity contribution in [3.8, 4) is 11.5 Å². The molecule has 2 aromatic carbocycles. The number of carboxylic acids is 1. The van der Waals surface area contributed by atoms with Gasteiger partial charge in [-0.2, -0.15) is 0 Å². The van der Waals surface area contributed by atoms with Crippen molar-refractivity contribution in [2.45, 2.75) is 13.8 Å². The van der Waals surface area contributed by atoms with Crippen LogP contribution in [0, 0.1) is 5.82 Å². The molecule has 8 nitrogen and oxygen atoms in total. The topological polar surface area (TPSA) is 114 Å². The third kappa shape index (κ3) is 6.33. The number of carbonyl (C=O) groups excluding carboxylic acids is 2. The summed E-state index contributed by atoms with van der Waals surface area (Å²) in [5, 5.41) is 13.8. The third-order valence-electron chi connectivity index (χ3n) is 3.65. The average molecular weight is 416 g/mol. The van der Waals surface area contributed by atoms with Gasteiger partial charge in [-0.1, -0.05) is 6.07 Å². The molecule has 0 spiro atoms. The van der Waals surface area contributed by atoms with Crippen LogP contribution in [0.4, 0.5) is 15.8 Å². The molecule has 158 valence electrons. The largest absolute Gasteiger partial charge is 0.492 e. The van der Waals surface area contributed by atoms with Gasteiger partial charge in [-0.3, -0.25) is 9.59 Å². The summed E-state index contributed by atoms with van der Waals surface area (Å²) in [6.45, 7) is 4.00. The van der Waals surface area contributed by atoms with Crippen molar-refractivity contribution in [1.29, 1.82) is 0 Å². The maximum atomic E-state index is 13.4. The van der Waals surface area contributed by atoms with Gasteiger partial charge in [0.15, 0.2) is 0 Å². The van der Waals surface area contributed by atoms with Gasteiger partial charge in [-0.05, 0) is 32.0 Å². The van der Waals surface area contributed by atoms with Gasteiger partial charge in [0.2, 0.25) is 5.91 Å². The van der Waals surface area contributed by atoms with Crippen LogP contribution in [0.3, 0.4) is 0 Å². The number of hydrogen-bond acceptors (Lipinski definition) is 5. The van der Waals surface area contributed by atoms with Crippen molar-refractivity contribution in [3.05, 3.63) is 59.9 Å². The number of rotatable bonds is 9. The molecule has 2 rings (SSSR count). The molecule has 0 bridgehead atoms. The van der Waals surface area contributed by atoms with Gasteiger partial charge in [-0.25, -0.2) is 9.18 Å². The second-order valence-corrected chi connectivity index (χ2v) is 5.84. The van der Waals surface area contributed by atoms with Gasteiger partial charge in [0.25, 0.3) is 5.91 Å². The molecule has 0 radical (unpaired) electrons. The molecule has 0 saturated carbocycles. The molecule has 0 saturated heterocycles. The smallest absolute Gasteiger partial charge is 0.328 e. The maximum Gasteiger partial charge on any atom is 0.328 e. The summed E-state index contributed by atoms with van der Waals surface area (Å²) in [5.41, 5.74) is 0.601. The van der Waals surface area contributed by atoms with Crippen molar-refractivity contribution < 1.29 is 33.4 Å². The van der Waals surface area contributed by atoms with E-state index >= 15 is 0 Å². The minimum absolute atomic E-state index is 0.117. The van der Waals surface area contributed by atoms with Crippen LogP contribution in [-0.4, -0.2) is 36.1 Å². The van der Waals surface area contributed by atoms with Crippen LogP contribution in [0.2, 0.25) is 0 Å². The van der Waals surface area contributed by atoms with Crippen molar-refractivity contribution >= 4 is 29.2 Å². The minimum atomic E-state index is -1.26. The Bertz CT molecular complexity index is 974. The molecule has 0 aliphatic heterocycles. The zero-order valence-electron chi connectivity index (χ0n) is 16.4. The lowest BCUT2D eigenvalue weighted by Crippen LogP contribution is -2.15. The van der Waals surface area contributed by atoms with E-state index in [1.54, 1.807) is 13.8 Å². The number of halogens is 1. The zero-order chi connectivity index (χ0) is 22.1. The first kappa shape index (κ1) is 22.4. The van der Waals surface area contributed by atoms with Gasteiger partial charge < -0.3 is 25.2 Å². The van der Waals surface area contributed by atoms with Gasteiger partial charge >= 0.3 is 5.97 Å². The Balaban J connectivity index is 2.37. The van der Waals surface area contributed by atoms with Gasteiger partial charge in [0, 0.05) is 29.8 Å². The standard InChI is InChI=1S/C21H21FN2O6/c1-3-29-17-12-16(24-21(28)13-6-5-7-14(22)10-13)18(30-4-2)11-15(17)23-19(25)8-9-20(26)27/h5-12H,3-4H2,1-2H3,(H,23,25)(H,24,28)(H,26,27). The number of nitrogens with one attached hydrogen (secondary N) is 2. The molecule has 2 amide bonds. The van der Waals surface area contributed by atoms with E-state index < -0.39 is 23.6 Å². The first-order valence-electron chi connectivity index (χ1n) is 9.06.